The number of pyridine rings is 1. The van der Waals surface area contributed by atoms with Crippen LogP contribution in [0.4, 0.5) is 5.69 Å². The van der Waals surface area contributed by atoms with E-state index in [-0.39, 0.29) is 15.9 Å². The van der Waals surface area contributed by atoms with Gasteiger partial charge < -0.3 is 0 Å². The van der Waals surface area contributed by atoms with Gasteiger partial charge in [0.25, 0.3) is 5.69 Å². The van der Waals surface area contributed by atoms with E-state index in [0.29, 0.717) is 5.56 Å². The number of nitrogens with zero attached hydrogens (tertiary/aromatic N) is 2. The van der Waals surface area contributed by atoms with E-state index >= 15 is 0 Å². The fraction of sp³-hybridized carbons (Fsp3) is 0.167. The maximum absolute atomic E-state index is 10.3. The molecule has 0 unspecified atom stereocenters. The van der Waals surface area contributed by atoms with Crippen molar-refractivity contribution < 1.29 is 4.92 Å². The minimum absolute atomic E-state index is 0.0831. The minimum atomic E-state index is -0.551. The van der Waals surface area contributed by atoms with Crippen LogP contribution < -0.4 is 0 Å². The standard InChI is InChI=1S/C6H4Cl2N2O2/c1-3-4(10(11)12)2-9-6(8)5(3)7/h2H,1H3. The Morgan fingerprint density at radius 2 is 2.17 bits per heavy atom. The number of hydrogen-bond acceptors (Lipinski definition) is 3. The summed E-state index contributed by atoms with van der Waals surface area (Å²) in [6.07, 6.45) is 1.09. The van der Waals surface area contributed by atoms with Crippen LogP contribution in [0.3, 0.4) is 0 Å². The Bertz CT molecular complexity index is 341. The van der Waals surface area contributed by atoms with E-state index in [4.69, 9.17) is 23.2 Å². The topological polar surface area (TPSA) is 56.0 Å². The van der Waals surface area contributed by atoms with Gasteiger partial charge in [-0.15, -0.1) is 0 Å². The van der Waals surface area contributed by atoms with Crippen LogP contribution in [0.25, 0.3) is 0 Å². The monoisotopic (exact) mass is 206 g/mol. The van der Waals surface area contributed by atoms with Gasteiger partial charge in [0.2, 0.25) is 0 Å². The lowest BCUT2D eigenvalue weighted by molar-refractivity contribution is -0.385. The van der Waals surface area contributed by atoms with Crippen LogP contribution in [0, 0.1) is 17.0 Å². The first kappa shape index (κ1) is 9.22. The average molecular weight is 207 g/mol. The third-order valence-corrected chi connectivity index (χ3v) is 2.24. The van der Waals surface area contributed by atoms with E-state index in [2.05, 4.69) is 4.98 Å². The molecule has 12 heavy (non-hydrogen) atoms. The molecule has 0 aromatic carbocycles. The van der Waals surface area contributed by atoms with E-state index in [0.717, 1.165) is 6.20 Å². The summed E-state index contributed by atoms with van der Waals surface area (Å²) in [6.45, 7) is 1.52. The molecule has 0 spiro atoms. The Kier molecular flexibility index (Phi) is 2.49. The summed E-state index contributed by atoms with van der Waals surface area (Å²) in [4.78, 5) is 13.4. The molecular formula is C6H4Cl2N2O2. The molecule has 1 aromatic heterocycles. The summed E-state index contributed by atoms with van der Waals surface area (Å²) in [7, 11) is 0. The third kappa shape index (κ3) is 1.49. The molecule has 1 rings (SSSR count). The molecule has 0 aliphatic carbocycles. The van der Waals surface area contributed by atoms with Crippen molar-refractivity contribution in [3.8, 4) is 0 Å². The van der Waals surface area contributed by atoms with Crippen molar-refractivity contribution >= 4 is 28.9 Å². The van der Waals surface area contributed by atoms with Gasteiger partial charge in [-0.3, -0.25) is 10.1 Å². The van der Waals surface area contributed by atoms with Crippen LogP contribution in [0.5, 0.6) is 0 Å². The molecule has 1 aromatic rings. The quantitative estimate of drug-likeness (QED) is 0.404. The Hall–Kier alpha value is -0.870. The Balaban J connectivity index is 3.36. The van der Waals surface area contributed by atoms with E-state index in [9.17, 15) is 10.1 Å². The van der Waals surface area contributed by atoms with Crippen molar-refractivity contribution in [2.45, 2.75) is 6.92 Å². The summed E-state index contributed by atoms with van der Waals surface area (Å²) in [5, 5.41) is 10.6. The molecule has 0 atom stereocenters. The molecule has 0 aliphatic heterocycles. The second kappa shape index (κ2) is 3.25. The second-order valence-corrected chi connectivity index (χ2v) is 2.87. The summed E-state index contributed by atoms with van der Waals surface area (Å²) in [6, 6.07) is 0. The first-order chi connectivity index (χ1) is 5.54. The molecule has 0 N–H and O–H groups in total. The van der Waals surface area contributed by atoms with Crippen molar-refractivity contribution in [2.75, 3.05) is 0 Å². The molecule has 6 heteroatoms. The van der Waals surface area contributed by atoms with Crippen LogP contribution in [0.15, 0.2) is 6.20 Å². The number of rotatable bonds is 1. The van der Waals surface area contributed by atoms with Gasteiger partial charge in [-0.2, -0.15) is 0 Å². The molecule has 64 valence electrons. The molecule has 0 saturated heterocycles. The lowest BCUT2D eigenvalue weighted by Crippen LogP contribution is -1.94. The molecule has 4 nitrogen and oxygen atoms in total. The van der Waals surface area contributed by atoms with E-state index in [1.54, 1.807) is 0 Å². The van der Waals surface area contributed by atoms with Gasteiger partial charge in [-0.25, -0.2) is 4.98 Å². The number of aromatic nitrogens is 1. The van der Waals surface area contributed by atoms with Gasteiger partial charge in [0, 0.05) is 0 Å². The van der Waals surface area contributed by atoms with Gasteiger partial charge in [0.1, 0.15) is 11.3 Å². The summed E-state index contributed by atoms with van der Waals surface area (Å²) >= 11 is 11.2. The SMILES string of the molecule is Cc1c([N+](=O)[O-])cnc(Cl)c1Cl. The fourth-order valence-electron chi connectivity index (χ4n) is 0.723. The smallest absolute Gasteiger partial charge is 0.258 e. The number of halogens is 2. The van der Waals surface area contributed by atoms with Crippen molar-refractivity contribution in [3.05, 3.63) is 32.1 Å². The largest absolute Gasteiger partial charge is 0.292 e. The highest BCUT2D eigenvalue weighted by atomic mass is 35.5. The highest BCUT2D eigenvalue weighted by Gasteiger charge is 2.15. The Morgan fingerprint density at radius 1 is 1.58 bits per heavy atom. The fourth-order valence-corrected chi connectivity index (χ4v) is 1.06. The summed E-state index contributed by atoms with van der Waals surface area (Å²) in [5.41, 5.74) is 0.214. The zero-order chi connectivity index (χ0) is 9.30. The average Bonchev–Trinajstić information content (AvgIpc) is 2.00. The third-order valence-electron chi connectivity index (χ3n) is 1.39. The lowest BCUT2D eigenvalue weighted by Gasteiger charge is -1.99. The Morgan fingerprint density at radius 3 is 2.67 bits per heavy atom. The highest BCUT2D eigenvalue weighted by molar-refractivity contribution is 6.41. The van der Waals surface area contributed by atoms with E-state index < -0.39 is 4.92 Å². The predicted octanol–water partition coefficient (Wildman–Crippen LogP) is 2.61. The maximum atomic E-state index is 10.3. The highest BCUT2D eigenvalue weighted by Crippen LogP contribution is 2.29. The van der Waals surface area contributed by atoms with Crippen molar-refractivity contribution in [1.29, 1.82) is 0 Å². The van der Waals surface area contributed by atoms with Crippen LogP contribution in [0.1, 0.15) is 5.56 Å². The van der Waals surface area contributed by atoms with Crippen LogP contribution >= 0.6 is 23.2 Å². The van der Waals surface area contributed by atoms with Crippen LogP contribution in [-0.2, 0) is 0 Å². The van der Waals surface area contributed by atoms with Crippen molar-refractivity contribution in [3.63, 3.8) is 0 Å². The van der Waals surface area contributed by atoms with Gasteiger partial charge in [0.05, 0.1) is 15.5 Å². The minimum Gasteiger partial charge on any atom is -0.258 e. The summed E-state index contributed by atoms with van der Waals surface area (Å²) < 4.78 is 0. The van der Waals surface area contributed by atoms with E-state index in [1.807, 2.05) is 0 Å². The summed E-state index contributed by atoms with van der Waals surface area (Å²) in [5.74, 6) is 0. The first-order valence-corrected chi connectivity index (χ1v) is 3.74. The van der Waals surface area contributed by atoms with Crippen LogP contribution in [-0.4, -0.2) is 9.91 Å². The molecule has 1 heterocycles. The zero-order valence-electron chi connectivity index (χ0n) is 6.04. The van der Waals surface area contributed by atoms with Gasteiger partial charge in [-0.1, -0.05) is 23.2 Å². The molecule has 0 radical (unpaired) electrons. The number of nitro groups is 1. The molecule has 0 amide bonds. The maximum Gasteiger partial charge on any atom is 0.292 e. The zero-order valence-corrected chi connectivity index (χ0v) is 7.56. The first-order valence-electron chi connectivity index (χ1n) is 2.99. The van der Waals surface area contributed by atoms with E-state index in [1.165, 1.54) is 6.92 Å². The lowest BCUT2D eigenvalue weighted by atomic mass is 10.2. The number of hydrogen-bond donors (Lipinski definition) is 0. The second-order valence-electron chi connectivity index (χ2n) is 2.13. The van der Waals surface area contributed by atoms with Gasteiger partial charge in [0.15, 0.2) is 0 Å². The molecular weight excluding hydrogens is 203 g/mol. The Labute approximate surface area is 78.3 Å². The molecule has 0 bridgehead atoms. The normalized spacial score (nSPS) is 9.92. The molecule has 0 saturated carbocycles. The van der Waals surface area contributed by atoms with Crippen molar-refractivity contribution in [2.24, 2.45) is 0 Å². The molecule has 0 aliphatic rings. The van der Waals surface area contributed by atoms with Crippen LogP contribution in [0.2, 0.25) is 10.2 Å². The molecule has 0 fully saturated rings. The van der Waals surface area contributed by atoms with Crippen molar-refractivity contribution in [1.82, 2.24) is 4.98 Å². The van der Waals surface area contributed by atoms with Gasteiger partial charge in [-0.05, 0) is 6.92 Å². The predicted molar refractivity (Wildman–Crippen MR) is 45.6 cm³/mol. The van der Waals surface area contributed by atoms with Gasteiger partial charge >= 0.3 is 0 Å².